The minimum Gasteiger partial charge on any atom is -0.489 e. The van der Waals surface area contributed by atoms with E-state index >= 15 is 0 Å². The van der Waals surface area contributed by atoms with Crippen LogP contribution in [0.15, 0.2) is 109 Å². The molecule has 0 aliphatic heterocycles. The Morgan fingerprint density at radius 2 is 0.978 bits per heavy atom. The van der Waals surface area contributed by atoms with Crippen LogP contribution in [0.3, 0.4) is 0 Å². The van der Waals surface area contributed by atoms with E-state index in [4.69, 9.17) is 24.7 Å². The van der Waals surface area contributed by atoms with Crippen LogP contribution in [-0.4, -0.2) is 37.2 Å². The van der Waals surface area contributed by atoms with E-state index in [0.717, 1.165) is 59.4 Å². The Hall–Kier alpha value is -4.66. The van der Waals surface area contributed by atoms with E-state index in [1.54, 1.807) is 0 Å². The number of carbonyl (C=O) groups excluding carboxylic acids is 2. The normalized spacial score (nSPS) is 12.1. The number of unbranched alkanes of at least 4 members (excludes halogenated alkanes) is 3. The van der Waals surface area contributed by atoms with Crippen molar-refractivity contribution in [2.24, 2.45) is 5.73 Å². The maximum atomic E-state index is 12.4. The molecule has 0 radical (unpaired) electrons. The van der Waals surface area contributed by atoms with Gasteiger partial charge >= 0.3 is 11.9 Å². The first-order valence-electron chi connectivity index (χ1n) is 15.9. The average Bonchev–Trinajstić information content (AvgIpc) is 3.09. The van der Waals surface area contributed by atoms with E-state index in [-0.39, 0.29) is 5.97 Å². The zero-order valence-corrected chi connectivity index (χ0v) is 26.4. The lowest BCUT2D eigenvalue weighted by Crippen LogP contribution is -2.66. The smallest absolute Gasteiger partial charge is 0.365 e. The van der Waals surface area contributed by atoms with Gasteiger partial charge in [-0.1, -0.05) is 84.9 Å². The van der Waals surface area contributed by atoms with Crippen molar-refractivity contribution in [2.45, 2.75) is 63.8 Å². The lowest BCUT2D eigenvalue weighted by atomic mass is 10.1. The van der Waals surface area contributed by atoms with E-state index in [1.807, 2.05) is 109 Å². The van der Waals surface area contributed by atoms with Gasteiger partial charge in [-0.05, 0) is 78.6 Å². The van der Waals surface area contributed by atoms with Crippen molar-refractivity contribution in [3.05, 3.63) is 131 Å². The Morgan fingerprint density at radius 3 is 1.46 bits per heavy atom. The molecule has 0 aliphatic rings. The molecular formula is C38H45N2O6+. The van der Waals surface area contributed by atoms with Crippen molar-refractivity contribution < 1.29 is 34.3 Å². The zero-order chi connectivity index (χ0) is 32.4. The molecule has 0 aliphatic carbocycles. The zero-order valence-electron chi connectivity index (χ0n) is 26.4. The molecule has 46 heavy (non-hydrogen) atoms. The van der Waals surface area contributed by atoms with Crippen LogP contribution >= 0.6 is 0 Å². The molecule has 4 aromatic carbocycles. The molecule has 0 saturated carbocycles. The standard InChI is InChI=1S/C38H44N2O6/c39-35(25-29-15-19-33(20-16-29)45-27-31-11-5-3-6-12-31)37(41)43-23-9-1-2-10-24-44-38(42)36(40)26-30-17-21-34(22-18-30)46-28-32-13-7-4-8-14-32/h3-8,11-22,35-36H,1-2,9-10,23-28,39-40H2/p+1. The van der Waals surface area contributed by atoms with Gasteiger partial charge in [0.05, 0.1) is 13.2 Å². The number of hydrogen-bond acceptors (Lipinski definition) is 7. The summed E-state index contributed by atoms with van der Waals surface area (Å²) in [5, 5.41) is 0. The summed E-state index contributed by atoms with van der Waals surface area (Å²) in [6, 6.07) is 34.1. The minimum atomic E-state index is -0.725. The highest BCUT2D eigenvalue weighted by atomic mass is 16.5. The maximum absolute atomic E-state index is 12.4. The highest BCUT2D eigenvalue weighted by Gasteiger charge is 2.19. The second-order valence-electron chi connectivity index (χ2n) is 11.3. The van der Waals surface area contributed by atoms with E-state index in [9.17, 15) is 9.59 Å². The van der Waals surface area contributed by atoms with Gasteiger partial charge in [0.25, 0.3) is 0 Å². The topological polar surface area (TPSA) is 125 Å². The maximum Gasteiger partial charge on any atom is 0.365 e. The van der Waals surface area contributed by atoms with Gasteiger partial charge in [-0.15, -0.1) is 0 Å². The predicted octanol–water partition coefficient (Wildman–Crippen LogP) is 5.21. The van der Waals surface area contributed by atoms with Crippen molar-refractivity contribution in [3.63, 3.8) is 0 Å². The van der Waals surface area contributed by atoms with Crippen LogP contribution in [0.5, 0.6) is 11.5 Å². The van der Waals surface area contributed by atoms with Gasteiger partial charge < -0.3 is 30.4 Å². The summed E-state index contributed by atoms with van der Waals surface area (Å²) in [5.74, 6) is 0.827. The summed E-state index contributed by atoms with van der Waals surface area (Å²) in [5.41, 5.74) is 14.2. The van der Waals surface area contributed by atoms with Crippen LogP contribution in [-0.2, 0) is 45.1 Å². The number of rotatable bonds is 19. The predicted molar refractivity (Wildman–Crippen MR) is 177 cm³/mol. The van der Waals surface area contributed by atoms with Gasteiger partial charge in [-0.25, -0.2) is 4.79 Å². The fourth-order valence-corrected chi connectivity index (χ4v) is 4.76. The van der Waals surface area contributed by atoms with Crippen LogP contribution in [0.2, 0.25) is 0 Å². The second kappa shape index (κ2) is 19.0. The number of nitrogens with two attached hydrogens (primary N) is 1. The fourth-order valence-electron chi connectivity index (χ4n) is 4.76. The average molecular weight is 626 g/mol. The first kappa shape index (κ1) is 34.2. The third kappa shape index (κ3) is 12.4. The molecule has 0 bridgehead atoms. The molecule has 8 nitrogen and oxygen atoms in total. The van der Waals surface area contributed by atoms with Gasteiger partial charge in [-0.3, -0.25) is 4.79 Å². The summed E-state index contributed by atoms with van der Waals surface area (Å²) >= 11 is 0. The van der Waals surface area contributed by atoms with Crippen LogP contribution < -0.4 is 20.9 Å². The minimum absolute atomic E-state index is 0.304. The molecule has 242 valence electrons. The lowest BCUT2D eigenvalue weighted by molar-refractivity contribution is -0.407. The van der Waals surface area contributed by atoms with Gasteiger partial charge in [0.1, 0.15) is 30.8 Å². The molecule has 5 N–H and O–H groups in total. The molecule has 2 unspecified atom stereocenters. The summed E-state index contributed by atoms with van der Waals surface area (Å²) in [7, 11) is 0. The van der Waals surface area contributed by atoms with Gasteiger partial charge in [0.2, 0.25) is 0 Å². The first-order valence-corrected chi connectivity index (χ1v) is 15.9. The summed E-state index contributed by atoms with van der Waals surface area (Å²) in [4.78, 5) is 24.7. The lowest BCUT2D eigenvalue weighted by Gasteiger charge is -2.12. The Bertz CT molecular complexity index is 1330. The third-order valence-corrected chi connectivity index (χ3v) is 7.44. The SMILES string of the molecule is NC(Cc1ccc(OCc2ccccc2)cc1)C(=O)OCCCCCCOC(=O)C([NH3+])Cc1ccc(OCc2ccccc2)cc1. The number of quaternary nitrogens is 1. The Kier molecular flexibility index (Phi) is 14.1. The highest BCUT2D eigenvalue weighted by Crippen LogP contribution is 2.17. The van der Waals surface area contributed by atoms with Gasteiger partial charge in [0, 0.05) is 6.42 Å². The largest absolute Gasteiger partial charge is 0.489 e. The Balaban J connectivity index is 1.01. The van der Waals surface area contributed by atoms with Crippen LogP contribution in [0.4, 0.5) is 0 Å². The number of carbonyl (C=O) groups is 2. The third-order valence-electron chi connectivity index (χ3n) is 7.44. The van der Waals surface area contributed by atoms with Crippen LogP contribution in [0.1, 0.15) is 47.9 Å². The first-order chi connectivity index (χ1) is 22.5. The number of hydrogen-bond donors (Lipinski definition) is 2. The molecule has 0 aromatic heterocycles. The monoisotopic (exact) mass is 625 g/mol. The van der Waals surface area contributed by atoms with E-state index < -0.39 is 18.1 Å². The van der Waals surface area contributed by atoms with E-state index in [2.05, 4.69) is 5.73 Å². The molecule has 0 heterocycles. The van der Waals surface area contributed by atoms with Gasteiger partial charge in [-0.2, -0.15) is 0 Å². The quantitative estimate of drug-likeness (QED) is 0.108. The molecule has 8 heteroatoms. The molecule has 4 aromatic rings. The molecule has 0 fully saturated rings. The molecule has 2 atom stereocenters. The van der Waals surface area contributed by atoms with Crippen LogP contribution in [0, 0.1) is 0 Å². The molecule has 0 amide bonds. The molecule has 0 saturated heterocycles. The number of ether oxygens (including phenoxy) is 4. The Morgan fingerprint density at radius 1 is 0.543 bits per heavy atom. The number of esters is 2. The summed E-state index contributed by atoms with van der Waals surface area (Å²) < 4.78 is 22.4. The van der Waals surface area contributed by atoms with E-state index in [1.165, 1.54) is 0 Å². The Labute approximate surface area is 271 Å². The van der Waals surface area contributed by atoms with Crippen molar-refractivity contribution in [1.82, 2.24) is 0 Å². The fraction of sp³-hybridized carbons (Fsp3) is 0.316. The van der Waals surface area contributed by atoms with Crippen molar-refractivity contribution in [1.29, 1.82) is 0 Å². The van der Waals surface area contributed by atoms with Crippen molar-refractivity contribution in [3.8, 4) is 11.5 Å². The second-order valence-corrected chi connectivity index (χ2v) is 11.3. The molecule has 0 spiro atoms. The number of benzene rings is 4. The van der Waals surface area contributed by atoms with Gasteiger partial charge in [0.15, 0.2) is 6.04 Å². The molecule has 4 rings (SSSR count). The molecular weight excluding hydrogens is 580 g/mol. The highest BCUT2D eigenvalue weighted by molar-refractivity contribution is 5.76. The summed E-state index contributed by atoms with van der Waals surface area (Å²) in [6.07, 6.45) is 4.08. The van der Waals surface area contributed by atoms with E-state index in [0.29, 0.717) is 39.3 Å². The van der Waals surface area contributed by atoms with Crippen LogP contribution in [0.25, 0.3) is 0 Å². The summed E-state index contributed by atoms with van der Waals surface area (Å²) in [6.45, 7) is 1.66. The van der Waals surface area contributed by atoms with Crippen molar-refractivity contribution >= 4 is 11.9 Å². The van der Waals surface area contributed by atoms with Crippen molar-refractivity contribution in [2.75, 3.05) is 13.2 Å².